The number of aromatic nitrogens is 3. The van der Waals surface area contributed by atoms with E-state index < -0.39 is 11.2 Å². The number of hydrogen-bond donors (Lipinski definition) is 2. The highest BCUT2D eigenvalue weighted by molar-refractivity contribution is 5.96. The van der Waals surface area contributed by atoms with E-state index in [0.717, 1.165) is 38.4 Å². The molecule has 0 aliphatic carbocycles. The minimum atomic E-state index is -0.520. The molecule has 0 saturated carbocycles. The summed E-state index contributed by atoms with van der Waals surface area (Å²) in [4.78, 5) is 45.5. The zero-order valence-electron chi connectivity index (χ0n) is 16.7. The minimum Gasteiger partial charge on any atom is -0.352 e. The van der Waals surface area contributed by atoms with Crippen molar-refractivity contribution in [3.63, 3.8) is 0 Å². The molecular weight excluding hydrogens is 358 g/mol. The molecule has 2 aromatic rings. The molecule has 1 fully saturated rings. The van der Waals surface area contributed by atoms with Crippen LogP contribution < -0.4 is 16.6 Å². The first-order valence-electron chi connectivity index (χ1n) is 10.1. The van der Waals surface area contributed by atoms with Crippen LogP contribution in [0.25, 0.3) is 11.0 Å². The summed E-state index contributed by atoms with van der Waals surface area (Å²) >= 11 is 0. The second-order valence-electron chi connectivity index (χ2n) is 7.64. The standard InChI is InChI=1S/C20H29N5O3/c1-3-8-25-17-16(19(27)23-20(25)28)12-15(13-22-17)18(26)21-7-4-9-24-10-5-14(2)6-11-24/h12-14H,3-11H2,1-2H3,(H,21,26)(H,23,27,28). The van der Waals surface area contributed by atoms with Crippen molar-refractivity contribution in [3.05, 3.63) is 38.7 Å². The van der Waals surface area contributed by atoms with E-state index in [1.54, 1.807) is 0 Å². The fourth-order valence-electron chi connectivity index (χ4n) is 3.62. The second kappa shape index (κ2) is 9.14. The number of pyridine rings is 1. The van der Waals surface area contributed by atoms with Crippen LogP contribution in [0.15, 0.2) is 21.9 Å². The molecule has 0 unspecified atom stereocenters. The van der Waals surface area contributed by atoms with Gasteiger partial charge in [0.1, 0.15) is 5.65 Å². The molecule has 1 amide bonds. The van der Waals surface area contributed by atoms with Gasteiger partial charge in [-0.25, -0.2) is 9.78 Å². The summed E-state index contributed by atoms with van der Waals surface area (Å²) < 4.78 is 1.43. The fraction of sp³-hybridized carbons (Fsp3) is 0.600. The van der Waals surface area contributed by atoms with Crippen molar-refractivity contribution in [1.82, 2.24) is 24.8 Å². The van der Waals surface area contributed by atoms with E-state index in [1.165, 1.54) is 29.7 Å². The predicted octanol–water partition coefficient (Wildman–Crippen LogP) is 1.35. The van der Waals surface area contributed by atoms with Gasteiger partial charge < -0.3 is 10.2 Å². The fourth-order valence-corrected chi connectivity index (χ4v) is 3.62. The summed E-state index contributed by atoms with van der Waals surface area (Å²) in [6.45, 7) is 8.51. The molecule has 0 atom stereocenters. The third-order valence-electron chi connectivity index (χ3n) is 5.35. The van der Waals surface area contributed by atoms with E-state index in [0.29, 0.717) is 24.3 Å². The maximum atomic E-state index is 12.4. The van der Waals surface area contributed by atoms with Crippen LogP contribution in [0.4, 0.5) is 0 Å². The SMILES string of the molecule is CCCn1c(=O)[nH]c(=O)c2cc(C(=O)NCCCN3CCC(C)CC3)cnc21. The number of H-pyrrole nitrogens is 1. The number of piperidine rings is 1. The summed E-state index contributed by atoms with van der Waals surface area (Å²) in [7, 11) is 0. The molecule has 2 aromatic heterocycles. The molecule has 0 bridgehead atoms. The molecule has 8 nitrogen and oxygen atoms in total. The predicted molar refractivity (Wildman–Crippen MR) is 109 cm³/mol. The van der Waals surface area contributed by atoms with Crippen molar-refractivity contribution in [2.45, 2.75) is 46.1 Å². The molecule has 0 radical (unpaired) electrons. The minimum absolute atomic E-state index is 0.253. The zero-order valence-corrected chi connectivity index (χ0v) is 16.7. The molecule has 8 heteroatoms. The van der Waals surface area contributed by atoms with Gasteiger partial charge in [0.15, 0.2) is 0 Å². The number of amides is 1. The number of aryl methyl sites for hydroxylation is 1. The first kappa shape index (κ1) is 20.3. The molecular formula is C20H29N5O3. The normalized spacial score (nSPS) is 15.8. The van der Waals surface area contributed by atoms with E-state index in [4.69, 9.17) is 0 Å². The number of fused-ring (bicyclic) bond motifs is 1. The Morgan fingerprint density at radius 2 is 2.04 bits per heavy atom. The van der Waals surface area contributed by atoms with Crippen LogP contribution in [-0.4, -0.2) is 51.5 Å². The number of aromatic amines is 1. The van der Waals surface area contributed by atoms with Gasteiger partial charge >= 0.3 is 5.69 Å². The van der Waals surface area contributed by atoms with Gasteiger partial charge in [0.2, 0.25) is 0 Å². The van der Waals surface area contributed by atoms with Gasteiger partial charge in [0.05, 0.1) is 10.9 Å². The monoisotopic (exact) mass is 387 g/mol. The van der Waals surface area contributed by atoms with E-state index in [9.17, 15) is 14.4 Å². The van der Waals surface area contributed by atoms with Crippen LogP contribution in [0.1, 0.15) is 49.9 Å². The largest absolute Gasteiger partial charge is 0.352 e. The van der Waals surface area contributed by atoms with Gasteiger partial charge in [-0.15, -0.1) is 0 Å². The maximum Gasteiger partial charge on any atom is 0.329 e. The average molecular weight is 387 g/mol. The summed E-state index contributed by atoms with van der Waals surface area (Å²) in [5.74, 6) is 0.558. The lowest BCUT2D eigenvalue weighted by Gasteiger charge is -2.30. The van der Waals surface area contributed by atoms with Gasteiger partial charge in [0.25, 0.3) is 11.5 Å². The summed E-state index contributed by atoms with van der Waals surface area (Å²) in [5, 5.41) is 3.15. The quantitative estimate of drug-likeness (QED) is 0.699. The smallest absolute Gasteiger partial charge is 0.329 e. The van der Waals surface area contributed by atoms with Crippen LogP contribution in [0, 0.1) is 5.92 Å². The van der Waals surface area contributed by atoms with Gasteiger partial charge in [-0.3, -0.25) is 19.1 Å². The highest BCUT2D eigenvalue weighted by atomic mass is 16.2. The van der Waals surface area contributed by atoms with E-state index in [-0.39, 0.29) is 11.3 Å². The molecule has 1 aliphatic heterocycles. The van der Waals surface area contributed by atoms with Gasteiger partial charge in [0, 0.05) is 19.3 Å². The zero-order chi connectivity index (χ0) is 20.1. The Kier molecular flexibility index (Phi) is 6.61. The van der Waals surface area contributed by atoms with Gasteiger partial charge in [-0.05, 0) is 57.3 Å². The van der Waals surface area contributed by atoms with Crippen molar-refractivity contribution in [2.75, 3.05) is 26.2 Å². The lowest BCUT2D eigenvalue weighted by molar-refractivity contribution is 0.0950. The Labute approximate surface area is 164 Å². The van der Waals surface area contributed by atoms with Crippen LogP contribution in [0.5, 0.6) is 0 Å². The van der Waals surface area contributed by atoms with Crippen molar-refractivity contribution in [3.8, 4) is 0 Å². The molecule has 2 N–H and O–H groups in total. The van der Waals surface area contributed by atoms with E-state index >= 15 is 0 Å². The molecule has 152 valence electrons. The second-order valence-corrected chi connectivity index (χ2v) is 7.64. The topological polar surface area (TPSA) is 100 Å². The lowest BCUT2D eigenvalue weighted by Crippen LogP contribution is -2.35. The number of likely N-dealkylation sites (tertiary alicyclic amines) is 1. The van der Waals surface area contributed by atoms with Crippen molar-refractivity contribution < 1.29 is 4.79 Å². The third-order valence-corrected chi connectivity index (χ3v) is 5.35. The summed E-state index contributed by atoms with van der Waals surface area (Å²) in [6, 6.07) is 1.51. The van der Waals surface area contributed by atoms with E-state index in [2.05, 4.69) is 27.1 Å². The Morgan fingerprint density at radius 1 is 1.29 bits per heavy atom. The highest BCUT2D eigenvalue weighted by Gasteiger charge is 2.15. The number of hydrogen-bond acceptors (Lipinski definition) is 5. The van der Waals surface area contributed by atoms with Crippen LogP contribution in [-0.2, 0) is 6.54 Å². The van der Waals surface area contributed by atoms with E-state index in [1.807, 2.05) is 6.92 Å². The molecule has 1 aliphatic rings. The van der Waals surface area contributed by atoms with Crippen molar-refractivity contribution in [1.29, 1.82) is 0 Å². The van der Waals surface area contributed by atoms with Crippen LogP contribution in [0.2, 0.25) is 0 Å². The molecule has 28 heavy (non-hydrogen) atoms. The Hall–Kier alpha value is -2.48. The number of nitrogens with one attached hydrogen (secondary N) is 2. The molecule has 1 saturated heterocycles. The Bertz CT molecular complexity index is 941. The summed E-state index contributed by atoms with van der Waals surface area (Å²) in [6.07, 6.45) is 5.53. The Morgan fingerprint density at radius 3 is 2.75 bits per heavy atom. The first-order chi connectivity index (χ1) is 13.5. The number of carbonyl (C=O) groups is 1. The number of nitrogens with zero attached hydrogens (tertiary/aromatic N) is 3. The molecule has 3 heterocycles. The Balaban J connectivity index is 1.62. The lowest BCUT2D eigenvalue weighted by atomic mass is 9.99. The molecule has 0 aromatic carbocycles. The maximum absolute atomic E-state index is 12.4. The molecule has 3 rings (SSSR count). The van der Waals surface area contributed by atoms with Crippen LogP contribution in [0.3, 0.4) is 0 Å². The number of carbonyl (C=O) groups excluding carboxylic acids is 1. The van der Waals surface area contributed by atoms with Gasteiger partial charge in [-0.1, -0.05) is 13.8 Å². The van der Waals surface area contributed by atoms with Gasteiger partial charge in [-0.2, -0.15) is 0 Å². The third kappa shape index (κ3) is 4.67. The highest BCUT2D eigenvalue weighted by Crippen LogP contribution is 2.15. The van der Waals surface area contributed by atoms with Crippen molar-refractivity contribution >= 4 is 16.9 Å². The summed E-state index contributed by atoms with van der Waals surface area (Å²) in [5.41, 5.74) is -0.358. The van der Waals surface area contributed by atoms with Crippen molar-refractivity contribution in [2.24, 2.45) is 5.92 Å². The average Bonchev–Trinajstić information content (AvgIpc) is 2.69. The first-order valence-corrected chi connectivity index (χ1v) is 10.1. The molecule has 0 spiro atoms. The van der Waals surface area contributed by atoms with Crippen LogP contribution >= 0.6 is 0 Å². The number of rotatable bonds is 7.